The molecule has 3 rings (SSSR count). The third-order valence-corrected chi connectivity index (χ3v) is 8.27. The van der Waals surface area contributed by atoms with Crippen molar-refractivity contribution in [1.29, 1.82) is 0 Å². The molecule has 3 heterocycles. The highest BCUT2D eigenvalue weighted by Gasteiger charge is 2.33. The van der Waals surface area contributed by atoms with Crippen LogP contribution in [0, 0.1) is 12.8 Å². The quantitative estimate of drug-likeness (QED) is 0.590. The van der Waals surface area contributed by atoms with Gasteiger partial charge in [-0.25, -0.2) is 13.4 Å². The molecule has 1 atom stereocenters. The van der Waals surface area contributed by atoms with Gasteiger partial charge in [0.2, 0.25) is 5.91 Å². The van der Waals surface area contributed by atoms with Gasteiger partial charge in [0.15, 0.2) is 0 Å². The van der Waals surface area contributed by atoms with Gasteiger partial charge < -0.3 is 10.6 Å². The summed E-state index contributed by atoms with van der Waals surface area (Å²) in [7, 11) is -3.51. The average molecular weight is 437 g/mol. The van der Waals surface area contributed by atoms with E-state index in [-0.39, 0.29) is 18.4 Å². The Balaban J connectivity index is 1.40. The summed E-state index contributed by atoms with van der Waals surface area (Å²) in [6.07, 6.45) is 4.95. The number of hydrogen-bond donors (Lipinski definition) is 2. The van der Waals surface area contributed by atoms with Crippen molar-refractivity contribution in [3.8, 4) is 0 Å². The highest BCUT2D eigenvalue weighted by molar-refractivity contribution is 7.91. The zero-order chi connectivity index (χ0) is 20.7. The molecule has 1 unspecified atom stereocenters. The van der Waals surface area contributed by atoms with E-state index in [0.717, 1.165) is 36.5 Å². The second-order valence-corrected chi connectivity index (χ2v) is 10.7. The predicted octanol–water partition coefficient (Wildman–Crippen LogP) is 2.86. The molecule has 2 aromatic heterocycles. The maximum Gasteiger partial charge on any atom is 0.252 e. The van der Waals surface area contributed by atoms with Crippen molar-refractivity contribution >= 4 is 33.1 Å². The molecule has 9 heteroatoms. The largest absolute Gasteiger partial charge is 0.370 e. The summed E-state index contributed by atoms with van der Waals surface area (Å²) < 4.78 is 27.4. The summed E-state index contributed by atoms with van der Waals surface area (Å²) in [5.41, 5.74) is 0. The van der Waals surface area contributed by atoms with E-state index in [4.69, 9.17) is 0 Å². The summed E-state index contributed by atoms with van der Waals surface area (Å²) in [4.78, 5) is 17.7. The molecule has 29 heavy (non-hydrogen) atoms. The Labute approximate surface area is 176 Å². The minimum absolute atomic E-state index is 0.0510. The molecule has 2 N–H and O–H groups in total. The van der Waals surface area contributed by atoms with Crippen LogP contribution in [0.1, 0.15) is 30.6 Å². The highest BCUT2D eigenvalue weighted by Crippen LogP contribution is 2.28. The Morgan fingerprint density at radius 1 is 1.24 bits per heavy atom. The van der Waals surface area contributed by atoms with E-state index in [1.54, 1.807) is 12.3 Å². The van der Waals surface area contributed by atoms with Crippen LogP contribution in [-0.4, -0.2) is 49.8 Å². The molecular weight excluding hydrogens is 408 g/mol. The van der Waals surface area contributed by atoms with Crippen molar-refractivity contribution in [2.75, 3.05) is 31.5 Å². The molecule has 1 saturated heterocycles. The summed E-state index contributed by atoms with van der Waals surface area (Å²) >= 11 is 1.28. The molecule has 7 nitrogen and oxygen atoms in total. The van der Waals surface area contributed by atoms with Gasteiger partial charge in [-0.1, -0.05) is 6.07 Å². The van der Waals surface area contributed by atoms with Crippen LogP contribution in [-0.2, 0) is 14.8 Å². The fourth-order valence-electron chi connectivity index (χ4n) is 3.34. The van der Waals surface area contributed by atoms with E-state index in [9.17, 15) is 13.2 Å². The van der Waals surface area contributed by atoms with Gasteiger partial charge in [-0.15, -0.1) is 11.3 Å². The van der Waals surface area contributed by atoms with Gasteiger partial charge in [0.25, 0.3) is 10.0 Å². The Kier molecular flexibility index (Phi) is 7.63. The summed E-state index contributed by atoms with van der Waals surface area (Å²) in [5.74, 6) is 0.511. The molecule has 1 aliphatic rings. The maximum atomic E-state index is 12.8. The van der Waals surface area contributed by atoms with Crippen LogP contribution in [0.4, 0.5) is 5.82 Å². The molecule has 0 aliphatic carbocycles. The van der Waals surface area contributed by atoms with Gasteiger partial charge in [-0.3, -0.25) is 4.79 Å². The fourth-order valence-corrected chi connectivity index (χ4v) is 6.30. The van der Waals surface area contributed by atoms with Gasteiger partial charge in [-0.05, 0) is 56.9 Å². The van der Waals surface area contributed by atoms with Crippen molar-refractivity contribution < 1.29 is 13.2 Å². The van der Waals surface area contributed by atoms with Crippen LogP contribution in [0.5, 0.6) is 0 Å². The number of amides is 1. The number of nitrogens with zero attached hydrogens (tertiary/aromatic N) is 2. The van der Waals surface area contributed by atoms with Gasteiger partial charge in [0, 0.05) is 37.3 Å². The van der Waals surface area contributed by atoms with Crippen LogP contribution < -0.4 is 10.6 Å². The van der Waals surface area contributed by atoms with Crippen LogP contribution in [0.2, 0.25) is 0 Å². The number of rotatable bonds is 9. The lowest BCUT2D eigenvalue weighted by Gasteiger charge is -2.30. The molecule has 0 radical (unpaired) electrons. The topological polar surface area (TPSA) is 91.4 Å². The Hall–Kier alpha value is -1.97. The number of aromatic nitrogens is 1. The summed E-state index contributed by atoms with van der Waals surface area (Å²) in [6.45, 7) is 4.01. The first-order valence-electron chi connectivity index (χ1n) is 9.96. The minimum atomic E-state index is -3.51. The molecule has 0 spiro atoms. The monoisotopic (exact) mass is 436 g/mol. The molecule has 1 fully saturated rings. The van der Waals surface area contributed by atoms with E-state index in [1.807, 2.05) is 31.2 Å². The molecule has 0 saturated carbocycles. The normalized spacial score (nSPS) is 17.8. The molecule has 1 amide bonds. The van der Waals surface area contributed by atoms with Gasteiger partial charge in [0.05, 0.1) is 5.92 Å². The number of nitrogens with one attached hydrogen (secondary N) is 2. The van der Waals surface area contributed by atoms with E-state index < -0.39 is 10.0 Å². The zero-order valence-corrected chi connectivity index (χ0v) is 18.3. The lowest BCUT2D eigenvalue weighted by atomic mass is 9.99. The van der Waals surface area contributed by atoms with Crippen molar-refractivity contribution in [2.45, 2.75) is 36.8 Å². The number of pyridine rings is 1. The molecule has 158 valence electrons. The van der Waals surface area contributed by atoms with E-state index in [0.29, 0.717) is 23.7 Å². The smallest absolute Gasteiger partial charge is 0.252 e. The third kappa shape index (κ3) is 6.01. The van der Waals surface area contributed by atoms with Crippen molar-refractivity contribution in [2.24, 2.45) is 5.92 Å². The maximum absolute atomic E-state index is 12.8. The highest BCUT2D eigenvalue weighted by atomic mass is 32.2. The Morgan fingerprint density at radius 3 is 2.79 bits per heavy atom. The van der Waals surface area contributed by atoms with Crippen LogP contribution in [0.3, 0.4) is 0 Å². The van der Waals surface area contributed by atoms with Gasteiger partial charge >= 0.3 is 0 Å². The van der Waals surface area contributed by atoms with Crippen LogP contribution in [0.15, 0.2) is 40.7 Å². The Bertz CT molecular complexity index is 899. The number of thiophene rings is 1. The zero-order valence-electron chi connectivity index (χ0n) is 16.6. The second kappa shape index (κ2) is 10.2. The number of piperidine rings is 1. The van der Waals surface area contributed by atoms with Crippen molar-refractivity contribution in [3.05, 3.63) is 41.4 Å². The van der Waals surface area contributed by atoms with Crippen LogP contribution in [0.25, 0.3) is 0 Å². The third-order valence-electron chi connectivity index (χ3n) is 4.94. The first-order valence-corrected chi connectivity index (χ1v) is 12.2. The van der Waals surface area contributed by atoms with E-state index in [2.05, 4.69) is 15.6 Å². The molecule has 0 bridgehead atoms. The molecular formula is C20H28N4O3S2. The average Bonchev–Trinajstić information content (AvgIpc) is 3.18. The van der Waals surface area contributed by atoms with E-state index in [1.165, 1.54) is 15.6 Å². The first kappa shape index (κ1) is 21.7. The standard InChI is InChI=1S/C20H28N4O3S2/c1-16-9-10-19(28-16)29(26,27)24-14-6-7-17(15-24)20(25)23-13-5-4-12-22-18-8-2-3-11-21-18/h2-3,8-11,17H,4-7,12-15H2,1H3,(H,21,22)(H,23,25). The van der Waals surface area contributed by atoms with Gasteiger partial charge in [-0.2, -0.15) is 4.31 Å². The number of anilines is 1. The minimum Gasteiger partial charge on any atom is -0.370 e. The molecule has 2 aromatic rings. The number of carbonyl (C=O) groups excluding carboxylic acids is 1. The summed E-state index contributed by atoms with van der Waals surface area (Å²) in [6, 6.07) is 9.19. The second-order valence-electron chi connectivity index (χ2n) is 7.21. The SMILES string of the molecule is Cc1ccc(S(=O)(=O)N2CCCC(C(=O)NCCCCNc3ccccn3)C2)s1. The number of sulfonamides is 1. The number of hydrogen-bond acceptors (Lipinski definition) is 6. The number of carbonyl (C=O) groups is 1. The van der Waals surface area contributed by atoms with Crippen molar-refractivity contribution in [3.63, 3.8) is 0 Å². The van der Waals surface area contributed by atoms with Crippen LogP contribution >= 0.6 is 11.3 Å². The Morgan fingerprint density at radius 2 is 2.07 bits per heavy atom. The first-order chi connectivity index (χ1) is 14.0. The van der Waals surface area contributed by atoms with Crippen molar-refractivity contribution in [1.82, 2.24) is 14.6 Å². The number of unbranched alkanes of at least 4 members (excludes halogenated alkanes) is 1. The molecule has 0 aromatic carbocycles. The van der Waals surface area contributed by atoms with E-state index >= 15 is 0 Å². The lowest BCUT2D eigenvalue weighted by Crippen LogP contribution is -2.45. The fraction of sp³-hybridized carbons (Fsp3) is 0.500. The lowest BCUT2D eigenvalue weighted by molar-refractivity contribution is -0.126. The van der Waals surface area contributed by atoms with Gasteiger partial charge in [0.1, 0.15) is 10.0 Å². The predicted molar refractivity (Wildman–Crippen MR) is 116 cm³/mol. The molecule has 1 aliphatic heterocycles. The summed E-state index contributed by atoms with van der Waals surface area (Å²) in [5, 5.41) is 6.21. The number of aryl methyl sites for hydroxylation is 1.